The Morgan fingerprint density at radius 1 is 1.27 bits per heavy atom. The molecular weight excluding hydrogens is 489 g/mol. The lowest BCUT2D eigenvalue weighted by atomic mass is 9.93. The molecule has 1 fully saturated rings. The number of rotatable bonds is 7. The highest BCUT2D eigenvalue weighted by Crippen LogP contribution is 2.35. The van der Waals surface area contributed by atoms with Gasteiger partial charge in [-0.05, 0) is 63.0 Å². The number of benzene rings is 2. The van der Waals surface area contributed by atoms with Crippen LogP contribution in [0.5, 0.6) is 5.75 Å². The molecule has 1 aliphatic heterocycles. The van der Waals surface area contributed by atoms with Gasteiger partial charge in [0.25, 0.3) is 5.91 Å². The van der Waals surface area contributed by atoms with Crippen molar-refractivity contribution in [3.05, 3.63) is 59.6 Å². The normalized spacial score (nSPS) is 15.1. The number of amides is 1. The summed E-state index contributed by atoms with van der Waals surface area (Å²) in [6.45, 7) is 6.99. The van der Waals surface area contributed by atoms with Crippen molar-refractivity contribution in [2.75, 3.05) is 23.7 Å². The molecule has 0 aliphatic carbocycles. The number of nitrogens with one attached hydrogen (secondary N) is 3. The van der Waals surface area contributed by atoms with Crippen LogP contribution in [-0.4, -0.2) is 35.1 Å². The number of nitrogens with zero attached hydrogens (tertiary/aromatic N) is 2. The number of aromatic nitrogens is 2. The van der Waals surface area contributed by atoms with Crippen LogP contribution in [-0.2, 0) is 4.79 Å². The second kappa shape index (κ2) is 10.3. The van der Waals surface area contributed by atoms with Crippen LogP contribution in [0.15, 0.2) is 59.6 Å². The van der Waals surface area contributed by atoms with E-state index in [9.17, 15) is 9.18 Å². The summed E-state index contributed by atoms with van der Waals surface area (Å²) in [6.07, 6.45) is 3.38. The van der Waals surface area contributed by atoms with Crippen molar-refractivity contribution in [1.29, 1.82) is 0 Å². The first-order valence-electron chi connectivity index (χ1n) is 10.7. The smallest absolute Gasteiger partial charge is 0.283 e. The number of carbonyl (C=O) groups excluding carboxylic acids is 1. The topological polar surface area (TPSA) is 88.2 Å². The van der Waals surface area contributed by atoms with E-state index in [1.54, 1.807) is 12.1 Å². The van der Waals surface area contributed by atoms with Gasteiger partial charge in [0.1, 0.15) is 17.9 Å². The fourth-order valence-corrected chi connectivity index (χ4v) is 4.28. The Hall–Kier alpha value is -3.04. The van der Waals surface area contributed by atoms with Gasteiger partial charge in [0, 0.05) is 21.6 Å². The van der Waals surface area contributed by atoms with Gasteiger partial charge in [0.2, 0.25) is 0 Å². The quantitative estimate of drug-likeness (QED) is 0.370. The zero-order chi connectivity index (χ0) is 23.4. The Kier molecular flexibility index (Phi) is 7.20. The third-order valence-corrected chi connectivity index (χ3v) is 6.17. The number of carbonyl (C=O) groups is 1. The molecule has 2 aromatic carbocycles. The number of hydrogen-bond donors (Lipinski definition) is 3. The molecule has 3 aromatic rings. The van der Waals surface area contributed by atoms with Crippen LogP contribution in [0.25, 0.3) is 10.9 Å². The molecule has 172 valence electrons. The summed E-state index contributed by atoms with van der Waals surface area (Å²) < 4.78 is 20.7. The third kappa shape index (κ3) is 5.66. The second-order valence-electron chi connectivity index (χ2n) is 7.99. The maximum atomic E-state index is 13.5. The Morgan fingerprint density at radius 2 is 2.06 bits per heavy atom. The van der Waals surface area contributed by atoms with E-state index >= 15 is 0 Å². The van der Waals surface area contributed by atoms with Crippen LogP contribution >= 0.6 is 15.9 Å². The second-order valence-corrected chi connectivity index (χ2v) is 8.91. The van der Waals surface area contributed by atoms with E-state index < -0.39 is 11.7 Å². The van der Waals surface area contributed by atoms with Gasteiger partial charge in [-0.1, -0.05) is 28.6 Å². The highest BCUT2D eigenvalue weighted by atomic mass is 79.9. The van der Waals surface area contributed by atoms with Crippen molar-refractivity contribution >= 4 is 49.9 Å². The van der Waals surface area contributed by atoms with Gasteiger partial charge in [-0.2, -0.15) is 0 Å². The number of anilines is 3. The summed E-state index contributed by atoms with van der Waals surface area (Å²) in [6, 6.07) is 11.1. The molecule has 33 heavy (non-hydrogen) atoms. The molecule has 2 heterocycles. The Labute approximate surface area is 200 Å². The zero-order valence-electron chi connectivity index (χ0n) is 18.2. The fourth-order valence-electron chi connectivity index (χ4n) is 3.88. The number of halogens is 2. The standard InChI is InChI=1S/C24H25BrFN5O2/c1-14(26)24(32)31-21-11-19-20(12-22(21)33-15(2)16-6-8-27-9-7-16)28-13-29-23(19)30-18-5-3-4-17(25)10-18/h3-5,10-13,15-16,27H,1,6-9H2,2H3,(H,31,32)(H,28,29,30). The highest BCUT2D eigenvalue weighted by Gasteiger charge is 2.23. The molecule has 1 unspecified atom stereocenters. The zero-order valence-corrected chi connectivity index (χ0v) is 19.8. The van der Waals surface area contributed by atoms with Crippen LogP contribution in [0.4, 0.5) is 21.6 Å². The molecule has 3 N–H and O–H groups in total. The highest BCUT2D eigenvalue weighted by molar-refractivity contribution is 9.10. The molecule has 1 aromatic heterocycles. The van der Waals surface area contributed by atoms with Crippen molar-refractivity contribution in [3.8, 4) is 5.75 Å². The Balaban J connectivity index is 1.71. The van der Waals surface area contributed by atoms with E-state index in [2.05, 4.69) is 48.4 Å². The van der Waals surface area contributed by atoms with E-state index in [0.29, 0.717) is 34.1 Å². The number of piperidine rings is 1. The molecule has 0 bridgehead atoms. The molecule has 1 atom stereocenters. The molecular formula is C24H25BrFN5O2. The average Bonchev–Trinajstić information content (AvgIpc) is 2.80. The van der Waals surface area contributed by atoms with Gasteiger partial charge < -0.3 is 20.7 Å². The lowest BCUT2D eigenvalue weighted by molar-refractivity contribution is -0.114. The van der Waals surface area contributed by atoms with Gasteiger partial charge in [-0.15, -0.1) is 0 Å². The molecule has 7 nitrogen and oxygen atoms in total. The monoisotopic (exact) mass is 513 g/mol. The molecule has 1 amide bonds. The van der Waals surface area contributed by atoms with Crippen LogP contribution in [0.2, 0.25) is 0 Å². The predicted octanol–water partition coefficient (Wildman–Crippen LogP) is 5.32. The molecule has 1 saturated heterocycles. The van der Waals surface area contributed by atoms with E-state index in [0.717, 1.165) is 36.1 Å². The summed E-state index contributed by atoms with van der Waals surface area (Å²) in [5, 5.41) is 9.84. The summed E-state index contributed by atoms with van der Waals surface area (Å²) in [5.41, 5.74) is 1.79. The molecule has 4 rings (SSSR count). The van der Waals surface area contributed by atoms with Gasteiger partial charge in [-0.3, -0.25) is 4.79 Å². The minimum atomic E-state index is -1.08. The first kappa shape index (κ1) is 23.1. The minimum Gasteiger partial charge on any atom is -0.488 e. The summed E-state index contributed by atoms with van der Waals surface area (Å²) >= 11 is 3.46. The van der Waals surface area contributed by atoms with Gasteiger partial charge in [-0.25, -0.2) is 14.4 Å². The molecule has 0 radical (unpaired) electrons. The van der Waals surface area contributed by atoms with Crippen molar-refractivity contribution in [2.45, 2.75) is 25.9 Å². The molecule has 9 heteroatoms. The maximum absolute atomic E-state index is 13.5. The summed E-state index contributed by atoms with van der Waals surface area (Å²) in [5.74, 6) is -0.655. The number of fused-ring (bicyclic) bond motifs is 1. The largest absolute Gasteiger partial charge is 0.488 e. The minimum absolute atomic E-state index is 0.0881. The fraction of sp³-hybridized carbons (Fsp3) is 0.292. The third-order valence-electron chi connectivity index (χ3n) is 5.68. The van der Waals surface area contributed by atoms with E-state index in [1.165, 1.54) is 6.33 Å². The number of ether oxygens (including phenoxy) is 1. The van der Waals surface area contributed by atoms with E-state index in [1.807, 2.05) is 31.2 Å². The van der Waals surface area contributed by atoms with Crippen LogP contribution in [0, 0.1) is 5.92 Å². The SMILES string of the molecule is C=C(F)C(=O)Nc1cc2c(Nc3cccc(Br)c3)ncnc2cc1OC(C)C1CCNCC1. The van der Waals surface area contributed by atoms with Crippen LogP contribution in [0.1, 0.15) is 19.8 Å². The van der Waals surface area contributed by atoms with Gasteiger partial charge in [0.15, 0.2) is 5.83 Å². The van der Waals surface area contributed by atoms with Gasteiger partial charge >= 0.3 is 0 Å². The summed E-state index contributed by atoms with van der Waals surface area (Å²) in [4.78, 5) is 20.8. The Morgan fingerprint density at radius 3 is 2.79 bits per heavy atom. The predicted molar refractivity (Wildman–Crippen MR) is 132 cm³/mol. The first-order chi connectivity index (χ1) is 15.9. The average molecular weight is 514 g/mol. The van der Waals surface area contributed by atoms with Crippen molar-refractivity contribution in [3.63, 3.8) is 0 Å². The molecule has 0 saturated carbocycles. The van der Waals surface area contributed by atoms with Crippen molar-refractivity contribution in [1.82, 2.24) is 15.3 Å². The first-order valence-corrected chi connectivity index (χ1v) is 11.5. The van der Waals surface area contributed by atoms with E-state index in [4.69, 9.17) is 4.74 Å². The van der Waals surface area contributed by atoms with Crippen molar-refractivity contribution < 1.29 is 13.9 Å². The van der Waals surface area contributed by atoms with E-state index in [-0.39, 0.29) is 6.10 Å². The Bertz CT molecular complexity index is 1180. The maximum Gasteiger partial charge on any atom is 0.283 e. The van der Waals surface area contributed by atoms with Gasteiger partial charge in [0.05, 0.1) is 17.3 Å². The molecule has 0 spiro atoms. The van der Waals surface area contributed by atoms with Crippen LogP contribution in [0.3, 0.4) is 0 Å². The van der Waals surface area contributed by atoms with Crippen molar-refractivity contribution in [2.24, 2.45) is 5.92 Å². The molecule has 1 aliphatic rings. The summed E-state index contributed by atoms with van der Waals surface area (Å²) in [7, 11) is 0. The lowest BCUT2D eigenvalue weighted by Crippen LogP contribution is -2.35. The number of hydrogen-bond acceptors (Lipinski definition) is 6. The lowest BCUT2D eigenvalue weighted by Gasteiger charge is -2.29. The van der Waals surface area contributed by atoms with Crippen LogP contribution < -0.4 is 20.7 Å².